The average molecular weight is 360 g/mol. The molecule has 1 aliphatic rings. The monoisotopic (exact) mass is 359 g/mol. The lowest BCUT2D eigenvalue weighted by atomic mass is 10.2. The molecule has 0 bridgehead atoms. The predicted molar refractivity (Wildman–Crippen MR) is 82.2 cm³/mol. The minimum absolute atomic E-state index is 0.0864. The summed E-state index contributed by atoms with van der Waals surface area (Å²) >= 11 is 5.89. The van der Waals surface area contributed by atoms with Crippen molar-refractivity contribution in [2.45, 2.75) is 18.6 Å². The molecule has 0 saturated carbocycles. The summed E-state index contributed by atoms with van der Waals surface area (Å²) in [7, 11) is -2.92. The van der Waals surface area contributed by atoms with Gasteiger partial charge in [-0.1, -0.05) is 11.6 Å². The number of β-amino-alcohol motifs (C(OH)–C–C–N with tert-alkyl or cyclic N) is 1. The molecule has 2 rings (SSSR count). The van der Waals surface area contributed by atoms with E-state index in [0.717, 1.165) is 8.61 Å². The first kappa shape index (κ1) is 17.5. The number of carboxylic acid groups (broad SMARTS) is 1. The summed E-state index contributed by atoms with van der Waals surface area (Å²) in [5.41, 5.74) is 0.376. The normalized spacial score (nSPS) is 21.8. The van der Waals surface area contributed by atoms with Gasteiger partial charge < -0.3 is 10.2 Å². The Labute approximate surface area is 138 Å². The van der Waals surface area contributed by atoms with Gasteiger partial charge in [-0.05, 0) is 18.2 Å². The quantitative estimate of drug-likeness (QED) is 0.803. The van der Waals surface area contributed by atoms with Gasteiger partial charge in [-0.3, -0.25) is 9.10 Å². The molecule has 0 unspecified atom stereocenters. The highest BCUT2D eigenvalue weighted by molar-refractivity contribution is 7.90. The highest BCUT2D eigenvalue weighted by Crippen LogP contribution is 2.29. The zero-order valence-corrected chi connectivity index (χ0v) is 13.6. The Hall–Kier alpha value is -1.86. The first-order valence-corrected chi connectivity index (χ1v) is 8.32. The lowest BCUT2D eigenvalue weighted by molar-refractivity contribution is -0.140. The van der Waals surface area contributed by atoms with Crippen molar-refractivity contribution in [1.82, 2.24) is 4.31 Å². The van der Waals surface area contributed by atoms with Crippen LogP contribution in [-0.2, 0) is 15.0 Å². The van der Waals surface area contributed by atoms with Crippen LogP contribution in [0.25, 0.3) is 0 Å². The van der Waals surface area contributed by atoms with E-state index in [1.807, 2.05) is 6.07 Å². The molecule has 1 aromatic carbocycles. The van der Waals surface area contributed by atoms with Gasteiger partial charge in [0, 0.05) is 20.0 Å². The standard InChI is InChI=1S/C13H14ClN3O5S/c1-16(9-3-2-8(6-15)11(14)4-9)23(21,22)17-7-10(18)5-12(17)13(19)20/h2-4,10,12,18H,5,7H2,1H3,(H,19,20)/t10-,12-/m0/s1. The van der Waals surface area contributed by atoms with Crippen molar-refractivity contribution in [2.75, 3.05) is 17.9 Å². The Morgan fingerprint density at radius 1 is 1.52 bits per heavy atom. The van der Waals surface area contributed by atoms with Gasteiger partial charge in [0.15, 0.2) is 0 Å². The highest BCUT2D eigenvalue weighted by atomic mass is 35.5. The van der Waals surface area contributed by atoms with E-state index in [2.05, 4.69) is 0 Å². The number of nitriles is 1. The molecular weight excluding hydrogens is 346 g/mol. The van der Waals surface area contributed by atoms with E-state index in [0.29, 0.717) is 0 Å². The Bertz CT molecular complexity index is 776. The van der Waals surface area contributed by atoms with Crippen LogP contribution in [0.5, 0.6) is 0 Å². The molecule has 1 saturated heterocycles. The number of aliphatic hydroxyl groups excluding tert-OH is 1. The van der Waals surface area contributed by atoms with E-state index in [-0.39, 0.29) is 29.2 Å². The molecule has 1 heterocycles. The van der Waals surface area contributed by atoms with E-state index in [9.17, 15) is 18.3 Å². The molecule has 1 aliphatic heterocycles. The molecule has 10 heteroatoms. The third kappa shape index (κ3) is 3.25. The first-order valence-electron chi connectivity index (χ1n) is 6.54. The third-order valence-electron chi connectivity index (χ3n) is 3.60. The van der Waals surface area contributed by atoms with E-state index in [1.165, 1.54) is 25.2 Å². The fourth-order valence-corrected chi connectivity index (χ4v) is 4.11. The molecule has 0 aromatic heterocycles. The molecule has 23 heavy (non-hydrogen) atoms. The van der Waals surface area contributed by atoms with Crippen molar-refractivity contribution in [2.24, 2.45) is 0 Å². The number of rotatable bonds is 4. The lowest BCUT2D eigenvalue weighted by Crippen LogP contribution is -2.47. The van der Waals surface area contributed by atoms with Crippen molar-refractivity contribution >= 4 is 33.5 Å². The maximum Gasteiger partial charge on any atom is 0.322 e. The Kier molecular flexibility index (Phi) is 4.81. The zero-order chi connectivity index (χ0) is 17.4. The second-order valence-electron chi connectivity index (χ2n) is 5.06. The van der Waals surface area contributed by atoms with Gasteiger partial charge >= 0.3 is 16.2 Å². The Morgan fingerprint density at radius 3 is 2.70 bits per heavy atom. The van der Waals surface area contributed by atoms with Gasteiger partial charge in [0.25, 0.3) is 0 Å². The van der Waals surface area contributed by atoms with E-state index in [4.69, 9.17) is 22.0 Å². The number of benzene rings is 1. The van der Waals surface area contributed by atoms with Crippen molar-refractivity contribution < 1.29 is 23.4 Å². The molecule has 0 aliphatic carbocycles. The zero-order valence-electron chi connectivity index (χ0n) is 12.0. The molecule has 8 nitrogen and oxygen atoms in total. The summed E-state index contributed by atoms with van der Waals surface area (Å²) in [6.45, 7) is -0.298. The van der Waals surface area contributed by atoms with Gasteiger partial charge in [-0.25, -0.2) is 0 Å². The number of nitrogens with zero attached hydrogens (tertiary/aromatic N) is 3. The van der Waals surface area contributed by atoms with Gasteiger partial charge in [-0.2, -0.15) is 18.0 Å². The van der Waals surface area contributed by atoms with Crippen LogP contribution in [0.2, 0.25) is 5.02 Å². The number of aliphatic carboxylic acids is 1. The van der Waals surface area contributed by atoms with Crippen molar-refractivity contribution in [3.05, 3.63) is 28.8 Å². The predicted octanol–water partition coefficient (Wildman–Crippen LogP) is 0.412. The Balaban J connectivity index is 2.37. The van der Waals surface area contributed by atoms with Crippen LogP contribution >= 0.6 is 11.6 Å². The average Bonchev–Trinajstić information content (AvgIpc) is 2.89. The second-order valence-corrected chi connectivity index (χ2v) is 7.38. The van der Waals surface area contributed by atoms with Crippen molar-refractivity contribution in [1.29, 1.82) is 5.26 Å². The first-order chi connectivity index (χ1) is 10.7. The summed E-state index contributed by atoms with van der Waals surface area (Å²) < 4.78 is 26.9. The molecule has 0 spiro atoms. The summed E-state index contributed by atoms with van der Waals surface area (Å²) in [6.07, 6.45) is -1.21. The number of carbonyl (C=O) groups is 1. The van der Waals surface area contributed by atoms with E-state index >= 15 is 0 Å². The number of carboxylic acids is 1. The molecule has 124 valence electrons. The van der Waals surface area contributed by atoms with E-state index in [1.54, 1.807) is 0 Å². The largest absolute Gasteiger partial charge is 0.480 e. The number of aliphatic hydroxyl groups is 1. The van der Waals surface area contributed by atoms with Gasteiger partial charge in [0.1, 0.15) is 12.1 Å². The SMILES string of the molecule is CN(c1ccc(C#N)c(Cl)c1)S(=O)(=O)N1C[C@@H](O)C[C@H]1C(=O)O. The molecular formula is C13H14ClN3O5S. The lowest BCUT2D eigenvalue weighted by Gasteiger charge is -2.28. The van der Waals surface area contributed by atoms with Crippen LogP contribution in [0.15, 0.2) is 18.2 Å². The maximum atomic E-state index is 12.6. The van der Waals surface area contributed by atoms with Crippen LogP contribution in [0.4, 0.5) is 5.69 Å². The van der Waals surface area contributed by atoms with Crippen LogP contribution in [0.3, 0.4) is 0 Å². The molecule has 1 aromatic rings. The number of halogens is 1. The van der Waals surface area contributed by atoms with Crippen LogP contribution in [-0.4, -0.2) is 54.6 Å². The highest BCUT2D eigenvalue weighted by Gasteiger charge is 2.44. The van der Waals surface area contributed by atoms with Gasteiger partial charge in [0.05, 0.1) is 22.4 Å². The molecule has 2 N–H and O–H groups in total. The van der Waals surface area contributed by atoms with Crippen molar-refractivity contribution in [3.63, 3.8) is 0 Å². The third-order valence-corrected chi connectivity index (χ3v) is 5.81. The minimum atomic E-state index is -4.17. The van der Waals surface area contributed by atoms with Gasteiger partial charge in [0.2, 0.25) is 0 Å². The van der Waals surface area contributed by atoms with Crippen LogP contribution in [0.1, 0.15) is 12.0 Å². The molecule has 1 fully saturated rings. The fraction of sp³-hybridized carbons (Fsp3) is 0.385. The van der Waals surface area contributed by atoms with Crippen molar-refractivity contribution in [3.8, 4) is 6.07 Å². The summed E-state index contributed by atoms with van der Waals surface area (Å²) in [5, 5.41) is 27.7. The molecule has 0 radical (unpaired) electrons. The summed E-state index contributed by atoms with van der Waals surface area (Å²) in [5.74, 6) is -1.32. The molecule has 0 amide bonds. The smallest absolute Gasteiger partial charge is 0.322 e. The minimum Gasteiger partial charge on any atom is -0.480 e. The summed E-state index contributed by atoms with van der Waals surface area (Å²) in [4.78, 5) is 11.2. The summed E-state index contributed by atoms with van der Waals surface area (Å²) in [6, 6.07) is 4.61. The van der Waals surface area contributed by atoms with E-state index < -0.39 is 28.3 Å². The van der Waals surface area contributed by atoms with Crippen LogP contribution < -0.4 is 4.31 Å². The topological polar surface area (TPSA) is 122 Å². The number of anilines is 1. The van der Waals surface area contributed by atoms with Crippen LogP contribution in [0, 0.1) is 11.3 Å². The van der Waals surface area contributed by atoms with Gasteiger partial charge in [-0.15, -0.1) is 0 Å². The number of hydrogen-bond donors (Lipinski definition) is 2. The number of hydrogen-bond acceptors (Lipinski definition) is 5. The Morgan fingerprint density at radius 2 is 2.17 bits per heavy atom. The second kappa shape index (κ2) is 6.33. The molecule has 2 atom stereocenters. The maximum absolute atomic E-state index is 12.6. The fourth-order valence-electron chi connectivity index (χ4n) is 2.34.